The maximum atomic E-state index is 9.09. The second-order valence-corrected chi connectivity index (χ2v) is 5.08. The van der Waals surface area contributed by atoms with Gasteiger partial charge in [-0.15, -0.1) is 0 Å². The van der Waals surface area contributed by atoms with Crippen LogP contribution in [-0.4, -0.2) is 47.9 Å². The Hall–Kier alpha value is -0.720. The van der Waals surface area contributed by atoms with Crippen molar-refractivity contribution in [3.63, 3.8) is 0 Å². The summed E-state index contributed by atoms with van der Waals surface area (Å²) in [4.78, 5) is 6.78. The van der Waals surface area contributed by atoms with Crippen molar-refractivity contribution in [2.24, 2.45) is 5.92 Å². The number of ether oxygens (including phenoxy) is 1. The molecule has 1 aliphatic rings. The van der Waals surface area contributed by atoms with Gasteiger partial charge in [0.15, 0.2) is 0 Å². The summed E-state index contributed by atoms with van der Waals surface area (Å²) in [5.41, 5.74) is 0. The number of aromatic nitrogens is 2. The number of hydrogen-bond acceptors (Lipinski definition) is 6. The summed E-state index contributed by atoms with van der Waals surface area (Å²) in [6, 6.07) is 0. The van der Waals surface area contributed by atoms with Gasteiger partial charge in [-0.2, -0.15) is 4.37 Å². The molecule has 0 unspecified atom stereocenters. The van der Waals surface area contributed by atoms with E-state index in [0.717, 1.165) is 43.3 Å². The molecule has 0 bridgehead atoms. The molecule has 1 aromatic heterocycles. The maximum absolute atomic E-state index is 9.09. The second kappa shape index (κ2) is 6.28. The number of rotatable bonds is 5. The Bertz CT molecular complexity index is 337. The van der Waals surface area contributed by atoms with Crippen LogP contribution in [0.2, 0.25) is 0 Å². The van der Waals surface area contributed by atoms with E-state index in [1.807, 2.05) is 0 Å². The SMILES string of the molecule is COCCc1nsc(N2CCC(CO)CC2)n1. The molecule has 1 aliphatic heterocycles. The van der Waals surface area contributed by atoms with Crippen LogP contribution >= 0.6 is 11.5 Å². The fourth-order valence-corrected chi connectivity index (χ4v) is 2.74. The first kappa shape index (κ1) is 12.7. The molecule has 0 aliphatic carbocycles. The third-order valence-corrected chi connectivity index (χ3v) is 3.95. The van der Waals surface area contributed by atoms with Crippen LogP contribution in [0.5, 0.6) is 0 Å². The fraction of sp³-hybridized carbons (Fsp3) is 0.818. The first-order valence-electron chi connectivity index (χ1n) is 6.01. The van der Waals surface area contributed by atoms with E-state index in [2.05, 4.69) is 14.3 Å². The van der Waals surface area contributed by atoms with Gasteiger partial charge in [-0.3, -0.25) is 0 Å². The van der Waals surface area contributed by atoms with Gasteiger partial charge in [-0.25, -0.2) is 4.98 Å². The van der Waals surface area contributed by atoms with Crippen LogP contribution in [-0.2, 0) is 11.2 Å². The first-order chi connectivity index (χ1) is 8.33. The Balaban J connectivity index is 1.87. The number of piperidine rings is 1. The van der Waals surface area contributed by atoms with Crippen LogP contribution in [0.25, 0.3) is 0 Å². The number of hydrogen-bond donors (Lipinski definition) is 1. The van der Waals surface area contributed by atoms with Crippen molar-refractivity contribution in [1.29, 1.82) is 0 Å². The average Bonchev–Trinajstić information content (AvgIpc) is 2.85. The van der Waals surface area contributed by atoms with E-state index in [9.17, 15) is 0 Å². The van der Waals surface area contributed by atoms with Gasteiger partial charge in [0.2, 0.25) is 5.13 Å². The van der Waals surface area contributed by atoms with Crippen LogP contribution < -0.4 is 4.90 Å². The van der Waals surface area contributed by atoms with Crippen molar-refractivity contribution >= 4 is 16.7 Å². The maximum Gasteiger partial charge on any atom is 0.205 e. The highest BCUT2D eigenvalue weighted by Crippen LogP contribution is 2.24. The zero-order valence-corrected chi connectivity index (χ0v) is 10.9. The highest BCUT2D eigenvalue weighted by molar-refractivity contribution is 7.09. The van der Waals surface area contributed by atoms with E-state index in [4.69, 9.17) is 9.84 Å². The predicted molar refractivity (Wildman–Crippen MR) is 67.5 cm³/mol. The molecule has 1 N–H and O–H groups in total. The molecule has 5 nitrogen and oxygen atoms in total. The van der Waals surface area contributed by atoms with Gasteiger partial charge >= 0.3 is 0 Å². The third-order valence-electron chi connectivity index (χ3n) is 3.13. The van der Waals surface area contributed by atoms with Gasteiger partial charge in [0.25, 0.3) is 0 Å². The number of aliphatic hydroxyl groups excluding tert-OH is 1. The number of nitrogens with zero attached hydrogens (tertiary/aromatic N) is 3. The van der Waals surface area contributed by atoms with E-state index in [-0.39, 0.29) is 0 Å². The van der Waals surface area contributed by atoms with Crippen molar-refractivity contribution in [2.45, 2.75) is 19.3 Å². The van der Waals surface area contributed by atoms with E-state index in [1.165, 1.54) is 11.5 Å². The molecule has 17 heavy (non-hydrogen) atoms. The Morgan fingerprint density at radius 2 is 2.24 bits per heavy atom. The van der Waals surface area contributed by atoms with E-state index in [1.54, 1.807) is 7.11 Å². The molecule has 96 valence electrons. The highest BCUT2D eigenvalue weighted by Gasteiger charge is 2.21. The molecular formula is C11H19N3O2S. The van der Waals surface area contributed by atoms with Crippen LogP contribution in [0.3, 0.4) is 0 Å². The number of methoxy groups -OCH3 is 1. The van der Waals surface area contributed by atoms with Crippen LogP contribution in [0.1, 0.15) is 18.7 Å². The zero-order valence-electron chi connectivity index (χ0n) is 10.1. The molecule has 0 atom stereocenters. The summed E-state index contributed by atoms with van der Waals surface area (Å²) in [6.07, 6.45) is 2.87. The van der Waals surface area contributed by atoms with Crippen molar-refractivity contribution < 1.29 is 9.84 Å². The molecule has 0 aromatic carbocycles. The average molecular weight is 257 g/mol. The molecule has 0 saturated carbocycles. The lowest BCUT2D eigenvalue weighted by Gasteiger charge is -2.30. The van der Waals surface area contributed by atoms with Gasteiger partial charge in [0.05, 0.1) is 6.61 Å². The highest BCUT2D eigenvalue weighted by atomic mass is 32.1. The minimum Gasteiger partial charge on any atom is -0.396 e. The smallest absolute Gasteiger partial charge is 0.205 e. The van der Waals surface area contributed by atoms with E-state index >= 15 is 0 Å². The Kier molecular flexibility index (Phi) is 4.70. The quantitative estimate of drug-likeness (QED) is 0.850. The third kappa shape index (κ3) is 3.37. The molecular weight excluding hydrogens is 238 g/mol. The molecule has 2 heterocycles. The Morgan fingerprint density at radius 3 is 2.88 bits per heavy atom. The standard InChI is InChI=1S/C11H19N3O2S/c1-16-7-4-10-12-11(17-13-10)14-5-2-9(8-15)3-6-14/h9,15H,2-8H2,1H3. The lowest BCUT2D eigenvalue weighted by Crippen LogP contribution is -2.34. The zero-order chi connectivity index (χ0) is 12.1. The van der Waals surface area contributed by atoms with Crippen LogP contribution in [0.15, 0.2) is 0 Å². The van der Waals surface area contributed by atoms with Gasteiger partial charge < -0.3 is 14.7 Å². The van der Waals surface area contributed by atoms with Gasteiger partial charge in [0.1, 0.15) is 5.82 Å². The van der Waals surface area contributed by atoms with Crippen LogP contribution in [0.4, 0.5) is 5.13 Å². The fourth-order valence-electron chi connectivity index (χ4n) is 1.97. The molecule has 2 rings (SSSR count). The summed E-state index contributed by atoms with van der Waals surface area (Å²) < 4.78 is 9.34. The van der Waals surface area contributed by atoms with Gasteiger partial charge in [0, 0.05) is 44.8 Å². The molecule has 0 spiro atoms. The van der Waals surface area contributed by atoms with Crippen molar-refractivity contribution in [3.05, 3.63) is 5.82 Å². The lowest BCUT2D eigenvalue weighted by atomic mass is 9.98. The van der Waals surface area contributed by atoms with E-state index < -0.39 is 0 Å². The lowest BCUT2D eigenvalue weighted by molar-refractivity contribution is 0.200. The molecule has 1 saturated heterocycles. The summed E-state index contributed by atoms with van der Waals surface area (Å²) in [6.45, 7) is 2.93. The van der Waals surface area contributed by atoms with Crippen molar-refractivity contribution in [1.82, 2.24) is 9.36 Å². The van der Waals surface area contributed by atoms with E-state index in [0.29, 0.717) is 19.1 Å². The number of aliphatic hydroxyl groups is 1. The molecule has 1 fully saturated rings. The summed E-state index contributed by atoms with van der Waals surface area (Å²) in [5, 5.41) is 10.1. The largest absolute Gasteiger partial charge is 0.396 e. The topological polar surface area (TPSA) is 58.5 Å². The molecule has 0 radical (unpaired) electrons. The first-order valence-corrected chi connectivity index (χ1v) is 6.78. The van der Waals surface area contributed by atoms with Gasteiger partial charge in [-0.05, 0) is 18.8 Å². The molecule has 0 amide bonds. The monoisotopic (exact) mass is 257 g/mol. The number of anilines is 1. The predicted octanol–water partition coefficient (Wildman–Crippen LogP) is 0.936. The molecule has 1 aromatic rings. The van der Waals surface area contributed by atoms with Crippen molar-refractivity contribution in [3.8, 4) is 0 Å². The minimum atomic E-state index is 0.309. The normalized spacial score (nSPS) is 17.6. The molecule has 6 heteroatoms. The second-order valence-electron chi connectivity index (χ2n) is 4.35. The van der Waals surface area contributed by atoms with Gasteiger partial charge in [-0.1, -0.05) is 0 Å². The Labute approximate surface area is 106 Å². The summed E-state index contributed by atoms with van der Waals surface area (Å²) in [7, 11) is 1.69. The Morgan fingerprint density at radius 1 is 1.47 bits per heavy atom. The minimum absolute atomic E-state index is 0.309. The summed E-state index contributed by atoms with van der Waals surface area (Å²) in [5.74, 6) is 1.34. The summed E-state index contributed by atoms with van der Waals surface area (Å²) >= 11 is 1.46. The van der Waals surface area contributed by atoms with Crippen LogP contribution in [0, 0.1) is 5.92 Å². The van der Waals surface area contributed by atoms with Crippen molar-refractivity contribution in [2.75, 3.05) is 38.3 Å².